The van der Waals surface area contributed by atoms with E-state index in [-0.39, 0.29) is 12.0 Å². The Balaban J connectivity index is 1.79. The van der Waals surface area contributed by atoms with Gasteiger partial charge in [-0.25, -0.2) is 0 Å². The molecule has 1 aliphatic heterocycles. The molecule has 0 spiro atoms. The first-order chi connectivity index (χ1) is 7.61. The Morgan fingerprint density at radius 2 is 2.19 bits per heavy atom. The van der Waals surface area contributed by atoms with Crippen LogP contribution in [0.4, 0.5) is 0 Å². The first-order valence-electron chi connectivity index (χ1n) is 6.22. The molecule has 1 saturated heterocycles. The molecule has 4 nitrogen and oxygen atoms in total. The Hall–Kier alpha value is -0.610. The van der Waals surface area contributed by atoms with Crippen molar-refractivity contribution in [1.29, 1.82) is 0 Å². The Kier molecular flexibility index (Phi) is 3.50. The van der Waals surface area contributed by atoms with E-state index in [0.29, 0.717) is 19.1 Å². The fourth-order valence-corrected chi connectivity index (χ4v) is 2.59. The maximum atomic E-state index is 11.8. The lowest BCUT2D eigenvalue weighted by Gasteiger charge is -2.24. The summed E-state index contributed by atoms with van der Waals surface area (Å²) in [6.07, 6.45) is 4.35. The van der Waals surface area contributed by atoms with Crippen LogP contribution in [-0.4, -0.2) is 35.9 Å². The number of ether oxygens (including phenoxy) is 1. The lowest BCUT2D eigenvalue weighted by molar-refractivity contribution is -0.132. The van der Waals surface area contributed by atoms with E-state index in [4.69, 9.17) is 4.74 Å². The SMILES string of the molecule is CC1CCOC1C(=O)NCC1(O)CCCC1. The molecule has 4 heteroatoms. The van der Waals surface area contributed by atoms with Gasteiger partial charge in [-0.2, -0.15) is 0 Å². The Morgan fingerprint density at radius 1 is 1.50 bits per heavy atom. The van der Waals surface area contributed by atoms with Gasteiger partial charge in [0.2, 0.25) is 5.91 Å². The van der Waals surface area contributed by atoms with Gasteiger partial charge in [0, 0.05) is 13.2 Å². The maximum Gasteiger partial charge on any atom is 0.249 e. The highest BCUT2D eigenvalue weighted by Gasteiger charge is 2.35. The molecule has 2 unspecified atom stereocenters. The van der Waals surface area contributed by atoms with Gasteiger partial charge in [0.05, 0.1) is 5.60 Å². The lowest BCUT2D eigenvalue weighted by Crippen LogP contribution is -2.45. The van der Waals surface area contributed by atoms with Crippen LogP contribution in [0.2, 0.25) is 0 Å². The highest BCUT2D eigenvalue weighted by molar-refractivity contribution is 5.81. The Labute approximate surface area is 96.4 Å². The summed E-state index contributed by atoms with van der Waals surface area (Å²) < 4.78 is 5.38. The molecule has 0 aromatic rings. The van der Waals surface area contributed by atoms with Crippen LogP contribution in [0.3, 0.4) is 0 Å². The third kappa shape index (κ3) is 2.55. The third-order valence-corrected chi connectivity index (χ3v) is 3.77. The zero-order chi connectivity index (χ0) is 11.6. The predicted molar refractivity (Wildman–Crippen MR) is 59.9 cm³/mol. The summed E-state index contributed by atoms with van der Waals surface area (Å²) in [5, 5.41) is 12.9. The van der Waals surface area contributed by atoms with E-state index >= 15 is 0 Å². The van der Waals surface area contributed by atoms with Crippen molar-refractivity contribution < 1.29 is 14.6 Å². The van der Waals surface area contributed by atoms with Gasteiger partial charge >= 0.3 is 0 Å². The summed E-state index contributed by atoms with van der Waals surface area (Å²) in [7, 11) is 0. The van der Waals surface area contributed by atoms with Crippen LogP contribution in [0.5, 0.6) is 0 Å². The zero-order valence-corrected chi connectivity index (χ0v) is 9.87. The van der Waals surface area contributed by atoms with Crippen molar-refractivity contribution in [2.24, 2.45) is 5.92 Å². The van der Waals surface area contributed by atoms with Crippen molar-refractivity contribution in [3.8, 4) is 0 Å². The van der Waals surface area contributed by atoms with Crippen LogP contribution < -0.4 is 5.32 Å². The summed E-state index contributed by atoms with van der Waals surface area (Å²) in [6, 6.07) is 0. The normalized spacial score (nSPS) is 32.9. The molecule has 1 saturated carbocycles. The molecular formula is C12H21NO3. The van der Waals surface area contributed by atoms with Crippen molar-refractivity contribution >= 4 is 5.91 Å². The molecule has 2 N–H and O–H groups in total. The molecule has 2 atom stereocenters. The van der Waals surface area contributed by atoms with Crippen LogP contribution in [-0.2, 0) is 9.53 Å². The van der Waals surface area contributed by atoms with Crippen LogP contribution in [0, 0.1) is 5.92 Å². The molecule has 16 heavy (non-hydrogen) atoms. The Morgan fingerprint density at radius 3 is 2.75 bits per heavy atom. The van der Waals surface area contributed by atoms with Crippen molar-refractivity contribution in [3.63, 3.8) is 0 Å². The van der Waals surface area contributed by atoms with Crippen LogP contribution in [0.1, 0.15) is 39.0 Å². The quantitative estimate of drug-likeness (QED) is 0.751. The molecule has 1 heterocycles. The van der Waals surface area contributed by atoms with Gasteiger partial charge in [-0.15, -0.1) is 0 Å². The van der Waals surface area contributed by atoms with E-state index in [1.54, 1.807) is 0 Å². The van der Waals surface area contributed by atoms with Gasteiger partial charge in [-0.05, 0) is 25.2 Å². The third-order valence-electron chi connectivity index (χ3n) is 3.77. The standard InChI is InChI=1S/C12H21NO3/c1-9-4-7-16-10(9)11(14)13-8-12(15)5-2-3-6-12/h9-10,15H,2-8H2,1H3,(H,13,14). The van der Waals surface area contributed by atoms with E-state index < -0.39 is 5.60 Å². The number of hydrogen-bond acceptors (Lipinski definition) is 3. The highest BCUT2D eigenvalue weighted by atomic mass is 16.5. The molecule has 1 amide bonds. The van der Waals surface area contributed by atoms with Gasteiger partial charge < -0.3 is 15.2 Å². The number of aliphatic hydroxyl groups is 1. The molecule has 1 aliphatic carbocycles. The molecule has 2 aliphatic rings. The lowest BCUT2D eigenvalue weighted by atomic mass is 10.0. The second-order valence-electron chi connectivity index (χ2n) is 5.21. The van der Waals surface area contributed by atoms with E-state index in [0.717, 1.165) is 32.1 Å². The molecule has 0 radical (unpaired) electrons. The molecule has 92 valence electrons. The molecule has 0 aromatic carbocycles. The monoisotopic (exact) mass is 227 g/mol. The maximum absolute atomic E-state index is 11.8. The fourth-order valence-electron chi connectivity index (χ4n) is 2.59. The van der Waals surface area contributed by atoms with E-state index in [1.165, 1.54) is 0 Å². The average molecular weight is 227 g/mol. The minimum absolute atomic E-state index is 0.0645. The number of carbonyl (C=O) groups is 1. The summed E-state index contributed by atoms with van der Waals surface area (Å²) in [6.45, 7) is 3.07. The van der Waals surface area contributed by atoms with Crippen LogP contribution >= 0.6 is 0 Å². The zero-order valence-electron chi connectivity index (χ0n) is 9.87. The number of nitrogens with one attached hydrogen (secondary N) is 1. The van der Waals surface area contributed by atoms with Crippen molar-refractivity contribution in [2.75, 3.05) is 13.2 Å². The molecule has 0 bridgehead atoms. The second-order valence-corrected chi connectivity index (χ2v) is 5.21. The van der Waals surface area contributed by atoms with Crippen LogP contribution in [0.15, 0.2) is 0 Å². The number of carbonyl (C=O) groups excluding carboxylic acids is 1. The van der Waals surface area contributed by atoms with Gasteiger partial charge in [0.25, 0.3) is 0 Å². The van der Waals surface area contributed by atoms with E-state index in [9.17, 15) is 9.90 Å². The highest BCUT2D eigenvalue weighted by Crippen LogP contribution is 2.28. The van der Waals surface area contributed by atoms with E-state index in [1.807, 2.05) is 6.92 Å². The van der Waals surface area contributed by atoms with Gasteiger partial charge in [-0.1, -0.05) is 19.8 Å². The van der Waals surface area contributed by atoms with Crippen molar-refractivity contribution in [3.05, 3.63) is 0 Å². The number of hydrogen-bond donors (Lipinski definition) is 2. The molecule has 2 rings (SSSR count). The summed E-state index contributed by atoms with van der Waals surface area (Å²) in [5.41, 5.74) is -0.669. The van der Waals surface area contributed by atoms with Crippen molar-refractivity contribution in [2.45, 2.75) is 50.7 Å². The number of rotatable bonds is 3. The Bertz CT molecular complexity index is 261. The topological polar surface area (TPSA) is 58.6 Å². The largest absolute Gasteiger partial charge is 0.388 e. The van der Waals surface area contributed by atoms with Gasteiger partial charge in [0.1, 0.15) is 6.10 Å². The number of amides is 1. The summed E-state index contributed by atoms with van der Waals surface area (Å²) in [4.78, 5) is 11.8. The minimum Gasteiger partial charge on any atom is -0.388 e. The first kappa shape index (κ1) is 11.9. The second kappa shape index (κ2) is 4.72. The van der Waals surface area contributed by atoms with Crippen LogP contribution in [0.25, 0.3) is 0 Å². The fraction of sp³-hybridized carbons (Fsp3) is 0.917. The molecular weight excluding hydrogens is 206 g/mol. The minimum atomic E-state index is -0.669. The van der Waals surface area contributed by atoms with E-state index in [2.05, 4.69) is 5.32 Å². The summed E-state index contributed by atoms with van der Waals surface area (Å²) in [5.74, 6) is 0.226. The molecule has 2 fully saturated rings. The average Bonchev–Trinajstić information content (AvgIpc) is 2.85. The first-order valence-corrected chi connectivity index (χ1v) is 6.22. The van der Waals surface area contributed by atoms with Crippen molar-refractivity contribution in [1.82, 2.24) is 5.32 Å². The van der Waals surface area contributed by atoms with Gasteiger partial charge in [0.15, 0.2) is 0 Å². The smallest absolute Gasteiger partial charge is 0.249 e. The molecule has 0 aromatic heterocycles. The summed E-state index contributed by atoms with van der Waals surface area (Å²) >= 11 is 0. The van der Waals surface area contributed by atoms with Gasteiger partial charge in [-0.3, -0.25) is 4.79 Å². The predicted octanol–water partition coefficient (Wildman–Crippen LogP) is 0.833.